The van der Waals surface area contributed by atoms with Crippen molar-refractivity contribution in [1.29, 1.82) is 0 Å². The maximum atomic E-state index is 12.6. The standard InChI is InChI=1S/C21H21F2NO7S/c1-29-17-9-14-7-8-24(11-15(14)10-18(17)30-2)19(25)12-31-20(26)13-3-5-16(6-4-13)32(27,28)21(22)23/h3-6,9-10,21H,7-8,11-12H2,1-2H3. The van der Waals surface area contributed by atoms with Crippen molar-refractivity contribution < 1.29 is 41.0 Å². The van der Waals surface area contributed by atoms with E-state index in [9.17, 15) is 26.8 Å². The Morgan fingerprint density at radius 1 is 1.03 bits per heavy atom. The quantitative estimate of drug-likeness (QED) is 0.575. The first-order valence-corrected chi connectivity index (χ1v) is 11.0. The van der Waals surface area contributed by atoms with E-state index in [1.165, 1.54) is 7.11 Å². The molecular weight excluding hydrogens is 448 g/mol. The highest BCUT2D eigenvalue weighted by atomic mass is 32.2. The van der Waals surface area contributed by atoms with Crippen LogP contribution in [0, 0.1) is 0 Å². The van der Waals surface area contributed by atoms with Crippen LogP contribution in [0.4, 0.5) is 8.78 Å². The van der Waals surface area contributed by atoms with Crippen LogP contribution in [0.2, 0.25) is 0 Å². The molecule has 1 aliphatic heterocycles. The number of amides is 1. The van der Waals surface area contributed by atoms with Crippen LogP contribution in [0.15, 0.2) is 41.3 Å². The second-order valence-electron chi connectivity index (χ2n) is 6.95. The van der Waals surface area contributed by atoms with Crippen LogP contribution in [0.5, 0.6) is 11.5 Å². The minimum atomic E-state index is -4.76. The first-order valence-electron chi connectivity index (χ1n) is 9.48. The molecule has 0 saturated carbocycles. The van der Waals surface area contributed by atoms with Crippen LogP contribution < -0.4 is 9.47 Å². The monoisotopic (exact) mass is 469 g/mol. The average Bonchev–Trinajstić information content (AvgIpc) is 2.80. The maximum Gasteiger partial charge on any atom is 0.341 e. The van der Waals surface area contributed by atoms with Crippen molar-refractivity contribution >= 4 is 21.7 Å². The van der Waals surface area contributed by atoms with Crippen LogP contribution in [0.1, 0.15) is 21.5 Å². The van der Waals surface area contributed by atoms with Crippen molar-refractivity contribution in [2.75, 3.05) is 27.4 Å². The largest absolute Gasteiger partial charge is 0.493 e. The van der Waals surface area contributed by atoms with Crippen LogP contribution in [0.3, 0.4) is 0 Å². The Kier molecular flexibility index (Phi) is 6.97. The van der Waals surface area contributed by atoms with Gasteiger partial charge in [-0.2, -0.15) is 8.78 Å². The fraction of sp³-hybridized carbons (Fsp3) is 0.333. The first-order chi connectivity index (χ1) is 15.2. The number of carbonyl (C=O) groups is 2. The molecular formula is C21H21F2NO7S. The molecule has 0 radical (unpaired) electrons. The molecule has 0 unspecified atom stereocenters. The molecule has 0 N–H and O–H groups in total. The van der Waals surface area contributed by atoms with E-state index in [2.05, 4.69) is 0 Å². The molecule has 0 spiro atoms. The van der Waals surface area contributed by atoms with E-state index < -0.39 is 39.0 Å². The minimum Gasteiger partial charge on any atom is -0.493 e. The highest BCUT2D eigenvalue weighted by Crippen LogP contribution is 2.33. The predicted molar refractivity (Wildman–Crippen MR) is 109 cm³/mol. The summed E-state index contributed by atoms with van der Waals surface area (Å²) in [6.45, 7) is 0.226. The van der Waals surface area contributed by atoms with Gasteiger partial charge in [0.2, 0.25) is 9.84 Å². The van der Waals surface area contributed by atoms with E-state index in [4.69, 9.17) is 14.2 Å². The smallest absolute Gasteiger partial charge is 0.341 e. The van der Waals surface area contributed by atoms with Gasteiger partial charge >= 0.3 is 11.7 Å². The highest BCUT2D eigenvalue weighted by Gasteiger charge is 2.27. The summed E-state index contributed by atoms with van der Waals surface area (Å²) in [6.07, 6.45) is 0.593. The molecule has 1 heterocycles. The van der Waals surface area contributed by atoms with Gasteiger partial charge in [0.05, 0.1) is 24.7 Å². The summed E-state index contributed by atoms with van der Waals surface area (Å²) in [5, 5.41) is 0. The zero-order chi connectivity index (χ0) is 23.5. The van der Waals surface area contributed by atoms with E-state index >= 15 is 0 Å². The van der Waals surface area contributed by atoms with Gasteiger partial charge in [0.25, 0.3) is 5.91 Å². The number of fused-ring (bicyclic) bond motifs is 1. The van der Waals surface area contributed by atoms with Gasteiger partial charge in [-0.05, 0) is 53.9 Å². The lowest BCUT2D eigenvalue weighted by Gasteiger charge is -2.29. The molecule has 1 amide bonds. The number of ether oxygens (including phenoxy) is 3. The highest BCUT2D eigenvalue weighted by molar-refractivity contribution is 7.91. The molecule has 0 fully saturated rings. The van der Waals surface area contributed by atoms with Crippen LogP contribution >= 0.6 is 0 Å². The number of halogens is 2. The van der Waals surface area contributed by atoms with Crippen molar-refractivity contribution in [2.24, 2.45) is 0 Å². The molecule has 2 aromatic rings. The number of alkyl halides is 2. The second-order valence-corrected chi connectivity index (χ2v) is 8.87. The van der Waals surface area contributed by atoms with Gasteiger partial charge in [-0.3, -0.25) is 4.79 Å². The van der Waals surface area contributed by atoms with Gasteiger partial charge in [0.1, 0.15) is 0 Å². The summed E-state index contributed by atoms with van der Waals surface area (Å²) in [5.41, 5.74) is 1.86. The van der Waals surface area contributed by atoms with Gasteiger partial charge in [0, 0.05) is 13.1 Å². The summed E-state index contributed by atoms with van der Waals surface area (Å²) in [7, 11) is -1.69. The van der Waals surface area contributed by atoms with Gasteiger partial charge in [0.15, 0.2) is 18.1 Å². The topological polar surface area (TPSA) is 99.2 Å². The van der Waals surface area contributed by atoms with Gasteiger partial charge in [-0.25, -0.2) is 13.2 Å². The summed E-state index contributed by atoms with van der Waals surface area (Å²) in [5.74, 6) is -3.69. The summed E-state index contributed by atoms with van der Waals surface area (Å²) >= 11 is 0. The van der Waals surface area contributed by atoms with Gasteiger partial charge < -0.3 is 19.1 Å². The van der Waals surface area contributed by atoms with Crippen molar-refractivity contribution in [3.63, 3.8) is 0 Å². The number of methoxy groups -OCH3 is 2. The van der Waals surface area contributed by atoms with Gasteiger partial charge in [-0.1, -0.05) is 0 Å². The molecule has 0 bridgehead atoms. The lowest BCUT2D eigenvalue weighted by Crippen LogP contribution is -2.38. The van der Waals surface area contributed by atoms with Crippen LogP contribution in [0.25, 0.3) is 0 Å². The number of hydrogen-bond acceptors (Lipinski definition) is 7. The third-order valence-corrected chi connectivity index (χ3v) is 6.45. The lowest BCUT2D eigenvalue weighted by molar-refractivity contribution is -0.135. The van der Waals surface area contributed by atoms with Crippen LogP contribution in [-0.2, 0) is 32.3 Å². The van der Waals surface area contributed by atoms with Crippen molar-refractivity contribution in [3.8, 4) is 11.5 Å². The number of carbonyl (C=O) groups excluding carboxylic acids is 2. The number of nitrogens with zero attached hydrogens (tertiary/aromatic N) is 1. The Morgan fingerprint density at radius 2 is 1.62 bits per heavy atom. The molecule has 0 aromatic heterocycles. The Labute approximate surface area is 183 Å². The van der Waals surface area contributed by atoms with Crippen molar-refractivity contribution in [3.05, 3.63) is 53.1 Å². The zero-order valence-corrected chi connectivity index (χ0v) is 18.2. The summed E-state index contributed by atoms with van der Waals surface area (Å²) in [4.78, 5) is 25.6. The van der Waals surface area contributed by atoms with E-state index in [-0.39, 0.29) is 5.56 Å². The van der Waals surface area contributed by atoms with E-state index in [0.717, 1.165) is 35.4 Å². The molecule has 172 valence electrons. The molecule has 1 aliphatic rings. The SMILES string of the molecule is COc1cc2c(cc1OC)CN(C(=O)COC(=O)c1ccc(S(=O)(=O)C(F)F)cc1)CC2. The summed E-state index contributed by atoms with van der Waals surface area (Å²) in [6, 6.07) is 7.56. The van der Waals surface area contributed by atoms with E-state index in [0.29, 0.717) is 31.0 Å². The average molecular weight is 469 g/mol. The minimum absolute atomic E-state index is 0.0631. The molecule has 8 nitrogen and oxygen atoms in total. The molecule has 3 rings (SSSR count). The molecule has 2 aromatic carbocycles. The normalized spacial score (nSPS) is 13.5. The van der Waals surface area contributed by atoms with E-state index in [1.807, 2.05) is 6.07 Å². The Bertz CT molecular complexity index is 1120. The maximum absolute atomic E-state index is 12.6. The lowest BCUT2D eigenvalue weighted by atomic mass is 9.99. The Balaban J connectivity index is 1.61. The third-order valence-electron chi connectivity index (χ3n) is 5.05. The molecule has 0 atom stereocenters. The summed E-state index contributed by atoms with van der Waals surface area (Å²) < 4.78 is 63.6. The number of sulfone groups is 1. The first kappa shape index (κ1) is 23.5. The molecule has 0 saturated heterocycles. The number of hydrogen-bond donors (Lipinski definition) is 0. The number of benzene rings is 2. The van der Waals surface area contributed by atoms with Crippen molar-refractivity contribution in [2.45, 2.75) is 23.6 Å². The molecule has 32 heavy (non-hydrogen) atoms. The number of rotatable bonds is 7. The van der Waals surface area contributed by atoms with Crippen molar-refractivity contribution in [1.82, 2.24) is 4.90 Å². The third kappa shape index (κ3) is 4.82. The van der Waals surface area contributed by atoms with Crippen LogP contribution in [-0.4, -0.2) is 58.3 Å². The zero-order valence-electron chi connectivity index (χ0n) is 17.3. The molecule has 11 heteroatoms. The Hall–Kier alpha value is -3.21. The fourth-order valence-corrected chi connectivity index (χ4v) is 4.00. The van der Waals surface area contributed by atoms with Gasteiger partial charge in [-0.15, -0.1) is 0 Å². The predicted octanol–water partition coefficient (Wildman–Crippen LogP) is 2.44. The van der Waals surface area contributed by atoms with E-state index in [1.54, 1.807) is 18.1 Å². The second kappa shape index (κ2) is 9.51. The fourth-order valence-electron chi connectivity index (χ4n) is 3.28. The molecule has 0 aliphatic carbocycles. The Morgan fingerprint density at radius 3 is 2.19 bits per heavy atom. The number of esters is 1.